The summed E-state index contributed by atoms with van der Waals surface area (Å²) in [7, 11) is 0. The molecule has 0 saturated carbocycles. The topological polar surface area (TPSA) is 75.6 Å². The van der Waals surface area contributed by atoms with Gasteiger partial charge in [-0.15, -0.1) is 0 Å². The first kappa shape index (κ1) is 14.5. The molecule has 20 heavy (non-hydrogen) atoms. The van der Waals surface area contributed by atoms with Crippen LogP contribution in [0.3, 0.4) is 0 Å². The average Bonchev–Trinajstić information content (AvgIpc) is 2.89. The van der Waals surface area contributed by atoms with Gasteiger partial charge in [0.15, 0.2) is 6.10 Å². The molecule has 2 rings (SSSR count). The van der Waals surface area contributed by atoms with Gasteiger partial charge in [0.05, 0.1) is 6.04 Å². The molecule has 1 fully saturated rings. The lowest BCUT2D eigenvalue weighted by atomic mass is 10.1. The summed E-state index contributed by atoms with van der Waals surface area (Å²) in [6.07, 6.45) is -0.928. The maximum Gasteiger partial charge on any atom is 0.332 e. The SMILES string of the molecule is C[C@H](NC(=O)C1CCC(C(=O)O)O1)c1ccc(F)cc1. The number of carboxylic acids is 1. The second kappa shape index (κ2) is 6.00. The van der Waals surface area contributed by atoms with Crippen LogP contribution in [0.15, 0.2) is 24.3 Å². The van der Waals surface area contributed by atoms with Crippen molar-refractivity contribution in [1.29, 1.82) is 0 Å². The molecule has 0 bridgehead atoms. The predicted octanol–water partition coefficient (Wildman–Crippen LogP) is 1.64. The van der Waals surface area contributed by atoms with Crippen molar-refractivity contribution < 1.29 is 23.8 Å². The van der Waals surface area contributed by atoms with Crippen molar-refractivity contribution in [2.45, 2.75) is 38.0 Å². The van der Waals surface area contributed by atoms with Gasteiger partial charge in [-0.1, -0.05) is 12.1 Å². The van der Waals surface area contributed by atoms with Crippen LogP contribution in [-0.4, -0.2) is 29.2 Å². The summed E-state index contributed by atoms with van der Waals surface area (Å²) < 4.78 is 18.0. The zero-order chi connectivity index (χ0) is 14.7. The lowest BCUT2D eigenvalue weighted by Gasteiger charge is -2.17. The van der Waals surface area contributed by atoms with Gasteiger partial charge in [0.25, 0.3) is 0 Å². The lowest BCUT2D eigenvalue weighted by molar-refractivity contribution is -0.151. The van der Waals surface area contributed by atoms with Gasteiger partial charge in [0.1, 0.15) is 11.9 Å². The van der Waals surface area contributed by atoms with Crippen LogP contribution < -0.4 is 5.32 Å². The number of carbonyl (C=O) groups excluding carboxylic acids is 1. The fraction of sp³-hybridized carbons (Fsp3) is 0.429. The van der Waals surface area contributed by atoms with Crippen LogP contribution in [-0.2, 0) is 14.3 Å². The molecule has 2 unspecified atom stereocenters. The van der Waals surface area contributed by atoms with E-state index in [1.165, 1.54) is 12.1 Å². The Bertz CT molecular complexity index is 502. The fourth-order valence-corrected chi connectivity index (χ4v) is 2.15. The third kappa shape index (κ3) is 3.33. The number of hydrogen-bond acceptors (Lipinski definition) is 3. The quantitative estimate of drug-likeness (QED) is 0.879. The Morgan fingerprint density at radius 2 is 1.90 bits per heavy atom. The zero-order valence-corrected chi connectivity index (χ0v) is 11.0. The van der Waals surface area contributed by atoms with Gasteiger partial charge in [-0.2, -0.15) is 0 Å². The molecule has 1 saturated heterocycles. The van der Waals surface area contributed by atoms with E-state index in [0.717, 1.165) is 5.56 Å². The number of halogens is 1. The highest BCUT2D eigenvalue weighted by molar-refractivity contribution is 5.82. The number of benzene rings is 1. The minimum absolute atomic E-state index is 0.296. The Kier molecular flexibility index (Phi) is 4.34. The predicted molar refractivity (Wildman–Crippen MR) is 68.5 cm³/mol. The van der Waals surface area contributed by atoms with Crippen LogP contribution >= 0.6 is 0 Å². The summed E-state index contributed by atoms with van der Waals surface area (Å²) in [4.78, 5) is 22.7. The standard InChI is InChI=1S/C14H16FNO4/c1-8(9-2-4-10(15)5-3-9)16-13(17)11-6-7-12(20-11)14(18)19/h2-5,8,11-12H,6-7H2,1H3,(H,16,17)(H,18,19)/t8-,11?,12?/m0/s1. The van der Waals surface area contributed by atoms with E-state index in [1.54, 1.807) is 19.1 Å². The van der Waals surface area contributed by atoms with Crippen LogP contribution in [0.4, 0.5) is 4.39 Å². The van der Waals surface area contributed by atoms with Gasteiger partial charge in [0.2, 0.25) is 5.91 Å². The molecule has 0 aromatic heterocycles. The molecule has 1 aromatic rings. The first-order valence-corrected chi connectivity index (χ1v) is 6.41. The van der Waals surface area contributed by atoms with E-state index >= 15 is 0 Å². The highest BCUT2D eigenvalue weighted by Crippen LogP contribution is 2.21. The first-order valence-electron chi connectivity index (χ1n) is 6.41. The number of nitrogens with one attached hydrogen (secondary N) is 1. The van der Waals surface area contributed by atoms with Crippen LogP contribution in [0.25, 0.3) is 0 Å². The molecule has 1 aromatic carbocycles. The summed E-state index contributed by atoms with van der Waals surface area (Å²) >= 11 is 0. The third-order valence-corrected chi connectivity index (χ3v) is 3.32. The van der Waals surface area contributed by atoms with Gasteiger partial charge >= 0.3 is 5.97 Å². The Morgan fingerprint density at radius 1 is 1.30 bits per heavy atom. The second-order valence-corrected chi connectivity index (χ2v) is 4.81. The van der Waals surface area contributed by atoms with Gasteiger partial charge in [-0.25, -0.2) is 9.18 Å². The molecule has 6 heteroatoms. The van der Waals surface area contributed by atoms with Crippen molar-refractivity contribution in [3.63, 3.8) is 0 Å². The van der Waals surface area contributed by atoms with Gasteiger partial charge in [-0.3, -0.25) is 4.79 Å². The third-order valence-electron chi connectivity index (χ3n) is 3.32. The summed E-state index contributed by atoms with van der Waals surface area (Å²) in [5.74, 6) is -1.73. The highest BCUT2D eigenvalue weighted by atomic mass is 19.1. The molecule has 0 spiro atoms. The van der Waals surface area contributed by atoms with E-state index < -0.39 is 18.2 Å². The van der Waals surface area contributed by atoms with E-state index in [9.17, 15) is 14.0 Å². The van der Waals surface area contributed by atoms with Crippen molar-refractivity contribution in [2.75, 3.05) is 0 Å². The Morgan fingerprint density at radius 3 is 2.45 bits per heavy atom. The van der Waals surface area contributed by atoms with Crippen molar-refractivity contribution in [3.8, 4) is 0 Å². The Balaban J connectivity index is 1.91. The largest absolute Gasteiger partial charge is 0.479 e. The number of hydrogen-bond donors (Lipinski definition) is 2. The Hall–Kier alpha value is -1.95. The van der Waals surface area contributed by atoms with Crippen LogP contribution in [0.1, 0.15) is 31.4 Å². The van der Waals surface area contributed by atoms with Crippen LogP contribution in [0.5, 0.6) is 0 Å². The van der Waals surface area contributed by atoms with E-state index in [-0.39, 0.29) is 17.8 Å². The van der Waals surface area contributed by atoms with Crippen LogP contribution in [0, 0.1) is 5.82 Å². The molecule has 1 amide bonds. The monoisotopic (exact) mass is 281 g/mol. The van der Waals surface area contributed by atoms with Gasteiger partial charge < -0.3 is 15.2 Å². The Labute approximate surface area is 115 Å². The average molecular weight is 281 g/mol. The molecule has 5 nitrogen and oxygen atoms in total. The molecule has 0 aliphatic carbocycles. The highest BCUT2D eigenvalue weighted by Gasteiger charge is 2.35. The van der Waals surface area contributed by atoms with Crippen molar-refractivity contribution >= 4 is 11.9 Å². The number of amides is 1. The molecule has 1 aliphatic heterocycles. The molecule has 3 atom stereocenters. The van der Waals surface area contributed by atoms with E-state index in [4.69, 9.17) is 9.84 Å². The van der Waals surface area contributed by atoms with E-state index in [0.29, 0.717) is 12.8 Å². The van der Waals surface area contributed by atoms with Crippen molar-refractivity contribution in [2.24, 2.45) is 0 Å². The minimum Gasteiger partial charge on any atom is -0.479 e. The second-order valence-electron chi connectivity index (χ2n) is 4.81. The van der Waals surface area contributed by atoms with Gasteiger partial charge in [0, 0.05) is 0 Å². The molecule has 108 valence electrons. The smallest absolute Gasteiger partial charge is 0.332 e. The maximum absolute atomic E-state index is 12.8. The van der Waals surface area contributed by atoms with E-state index in [2.05, 4.69) is 5.32 Å². The van der Waals surface area contributed by atoms with Crippen molar-refractivity contribution in [1.82, 2.24) is 5.32 Å². The minimum atomic E-state index is -1.05. The van der Waals surface area contributed by atoms with Gasteiger partial charge in [-0.05, 0) is 37.5 Å². The van der Waals surface area contributed by atoms with E-state index in [1.807, 2.05) is 0 Å². The number of carboxylic acid groups (broad SMARTS) is 1. The summed E-state index contributed by atoms with van der Waals surface area (Å²) in [6.45, 7) is 1.77. The molecule has 1 heterocycles. The number of ether oxygens (including phenoxy) is 1. The number of aliphatic carboxylic acids is 1. The number of rotatable bonds is 4. The molecule has 1 aliphatic rings. The first-order chi connectivity index (χ1) is 9.47. The maximum atomic E-state index is 12.8. The van der Waals surface area contributed by atoms with Crippen molar-refractivity contribution in [3.05, 3.63) is 35.6 Å². The van der Waals surface area contributed by atoms with Crippen LogP contribution in [0.2, 0.25) is 0 Å². The number of carbonyl (C=O) groups is 2. The summed E-state index contributed by atoms with van der Waals surface area (Å²) in [6, 6.07) is 5.54. The molecule has 0 radical (unpaired) electrons. The normalized spacial score (nSPS) is 23.3. The summed E-state index contributed by atoms with van der Waals surface area (Å²) in [5.41, 5.74) is 0.771. The lowest BCUT2D eigenvalue weighted by Crippen LogP contribution is -2.37. The summed E-state index contributed by atoms with van der Waals surface area (Å²) in [5, 5.41) is 11.5. The zero-order valence-electron chi connectivity index (χ0n) is 11.0. The molecular formula is C14H16FNO4. The molecular weight excluding hydrogens is 265 g/mol. The molecule has 2 N–H and O–H groups in total. The fourth-order valence-electron chi connectivity index (χ4n) is 2.15.